The minimum absolute atomic E-state index is 0.104. The number of hydrogen-bond acceptors (Lipinski definition) is 3. The van der Waals surface area contributed by atoms with Crippen molar-refractivity contribution in [3.63, 3.8) is 0 Å². The molecule has 1 amide bonds. The maximum atomic E-state index is 11.6. The van der Waals surface area contributed by atoms with Crippen LogP contribution < -0.4 is 10.2 Å². The van der Waals surface area contributed by atoms with Gasteiger partial charge in [-0.25, -0.2) is 5.43 Å². The third-order valence-corrected chi connectivity index (χ3v) is 3.02. The van der Waals surface area contributed by atoms with Crippen LogP contribution in [0.3, 0.4) is 0 Å². The summed E-state index contributed by atoms with van der Waals surface area (Å²) in [5, 5.41) is 4.52. The first-order chi connectivity index (χ1) is 10.1. The molecule has 2 rings (SSSR count). The van der Waals surface area contributed by atoms with Gasteiger partial charge >= 0.3 is 0 Å². The molecule has 5 heteroatoms. The highest BCUT2D eigenvalue weighted by Gasteiger charge is 2.01. The Morgan fingerprint density at radius 1 is 1.24 bits per heavy atom. The SMILES string of the molecule is Cc1ccccc1C=NNC(=O)COc1ccc(Cl)cc1. The van der Waals surface area contributed by atoms with E-state index in [1.54, 1.807) is 30.5 Å². The summed E-state index contributed by atoms with van der Waals surface area (Å²) < 4.78 is 5.30. The van der Waals surface area contributed by atoms with Gasteiger partial charge in [-0.05, 0) is 42.3 Å². The molecular weight excluding hydrogens is 288 g/mol. The predicted molar refractivity (Wildman–Crippen MR) is 83.9 cm³/mol. The Morgan fingerprint density at radius 3 is 2.67 bits per heavy atom. The number of benzene rings is 2. The topological polar surface area (TPSA) is 50.7 Å². The number of carbonyl (C=O) groups is 1. The summed E-state index contributed by atoms with van der Waals surface area (Å²) in [5.41, 5.74) is 4.47. The monoisotopic (exact) mass is 302 g/mol. The van der Waals surface area contributed by atoms with Crippen LogP contribution in [0, 0.1) is 6.92 Å². The highest BCUT2D eigenvalue weighted by molar-refractivity contribution is 6.30. The van der Waals surface area contributed by atoms with Crippen molar-refractivity contribution in [3.8, 4) is 5.75 Å². The lowest BCUT2D eigenvalue weighted by atomic mass is 10.1. The van der Waals surface area contributed by atoms with Crippen LogP contribution >= 0.6 is 11.6 Å². The van der Waals surface area contributed by atoms with E-state index in [0.29, 0.717) is 10.8 Å². The lowest BCUT2D eigenvalue weighted by Gasteiger charge is -2.04. The summed E-state index contributed by atoms with van der Waals surface area (Å²) in [6.45, 7) is 1.87. The molecule has 108 valence electrons. The van der Waals surface area contributed by atoms with E-state index in [4.69, 9.17) is 16.3 Å². The number of rotatable bonds is 5. The molecule has 4 nitrogen and oxygen atoms in total. The van der Waals surface area contributed by atoms with Crippen LogP contribution in [0.4, 0.5) is 0 Å². The van der Waals surface area contributed by atoms with Crippen LogP contribution in [-0.4, -0.2) is 18.7 Å². The van der Waals surface area contributed by atoms with Crippen molar-refractivity contribution in [1.29, 1.82) is 0 Å². The average molecular weight is 303 g/mol. The number of amides is 1. The standard InChI is InChI=1S/C16H15ClN2O2/c1-12-4-2-3-5-13(12)10-18-19-16(20)11-21-15-8-6-14(17)7-9-15/h2-10H,11H2,1H3,(H,19,20). The number of hydrazone groups is 1. The molecule has 21 heavy (non-hydrogen) atoms. The summed E-state index contributed by atoms with van der Waals surface area (Å²) in [6.07, 6.45) is 1.61. The van der Waals surface area contributed by atoms with Gasteiger partial charge in [0.2, 0.25) is 0 Å². The number of ether oxygens (including phenoxy) is 1. The maximum absolute atomic E-state index is 11.6. The van der Waals surface area contributed by atoms with Crippen LogP contribution in [-0.2, 0) is 4.79 Å². The van der Waals surface area contributed by atoms with E-state index in [1.165, 1.54) is 0 Å². The van der Waals surface area contributed by atoms with Crippen molar-refractivity contribution in [1.82, 2.24) is 5.43 Å². The van der Waals surface area contributed by atoms with E-state index in [1.807, 2.05) is 31.2 Å². The third kappa shape index (κ3) is 4.93. The predicted octanol–water partition coefficient (Wildman–Crippen LogP) is 3.18. The van der Waals surface area contributed by atoms with E-state index >= 15 is 0 Å². The maximum Gasteiger partial charge on any atom is 0.277 e. The number of halogens is 1. The van der Waals surface area contributed by atoms with Gasteiger partial charge < -0.3 is 4.74 Å². The quantitative estimate of drug-likeness (QED) is 0.681. The van der Waals surface area contributed by atoms with Gasteiger partial charge in [-0.2, -0.15) is 5.10 Å². The molecule has 0 saturated heterocycles. The Bertz CT molecular complexity index is 639. The van der Waals surface area contributed by atoms with Crippen molar-refractivity contribution in [2.24, 2.45) is 5.10 Å². The number of hydrogen-bond donors (Lipinski definition) is 1. The fourth-order valence-corrected chi connectivity index (χ4v) is 1.74. The van der Waals surface area contributed by atoms with Crippen molar-refractivity contribution in [2.45, 2.75) is 6.92 Å². The molecule has 0 aliphatic rings. The molecular formula is C16H15ClN2O2. The smallest absolute Gasteiger partial charge is 0.277 e. The van der Waals surface area contributed by atoms with Crippen LogP contribution in [0.15, 0.2) is 53.6 Å². The fourth-order valence-electron chi connectivity index (χ4n) is 1.62. The van der Waals surface area contributed by atoms with Gasteiger partial charge in [0.05, 0.1) is 6.21 Å². The van der Waals surface area contributed by atoms with Crippen LogP contribution in [0.1, 0.15) is 11.1 Å². The lowest BCUT2D eigenvalue weighted by Crippen LogP contribution is -2.24. The molecule has 2 aromatic rings. The Hall–Kier alpha value is -2.33. The minimum Gasteiger partial charge on any atom is -0.484 e. The molecule has 0 aliphatic heterocycles. The molecule has 0 bridgehead atoms. The molecule has 0 spiro atoms. The second kappa shape index (κ2) is 7.45. The van der Waals surface area contributed by atoms with Crippen molar-refractivity contribution in [3.05, 3.63) is 64.7 Å². The highest BCUT2D eigenvalue weighted by Crippen LogP contribution is 2.15. The van der Waals surface area contributed by atoms with E-state index < -0.39 is 0 Å². The van der Waals surface area contributed by atoms with E-state index in [-0.39, 0.29) is 12.5 Å². The fraction of sp³-hybridized carbons (Fsp3) is 0.125. The molecule has 0 atom stereocenters. The van der Waals surface area contributed by atoms with Gasteiger partial charge in [0.1, 0.15) is 5.75 Å². The summed E-state index contributed by atoms with van der Waals surface area (Å²) in [5.74, 6) is 0.257. The first-order valence-electron chi connectivity index (χ1n) is 6.41. The summed E-state index contributed by atoms with van der Waals surface area (Å²) in [6, 6.07) is 14.6. The molecule has 0 aliphatic carbocycles. The second-order valence-electron chi connectivity index (χ2n) is 4.39. The molecule has 0 fully saturated rings. The summed E-state index contributed by atoms with van der Waals surface area (Å²) >= 11 is 5.76. The number of aryl methyl sites for hydroxylation is 1. The first-order valence-corrected chi connectivity index (χ1v) is 6.79. The molecule has 0 aromatic heterocycles. The molecule has 0 unspecified atom stereocenters. The Kier molecular flexibility index (Phi) is 5.35. The second-order valence-corrected chi connectivity index (χ2v) is 4.83. The molecule has 0 heterocycles. The Labute approximate surface area is 128 Å². The zero-order valence-electron chi connectivity index (χ0n) is 11.5. The molecule has 1 N–H and O–H groups in total. The van der Waals surface area contributed by atoms with Crippen molar-refractivity contribution < 1.29 is 9.53 Å². The molecule has 2 aromatic carbocycles. The van der Waals surface area contributed by atoms with Gasteiger partial charge in [0.25, 0.3) is 5.91 Å². The van der Waals surface area contributed by atoms with Crippen LogP contribution in [0.2, 0.25) is 5.02 Å². The normalized spacial score (nSPS) is 10.6. The Morgan fingerprint density at radius 2 is 1.95 bits per heavy atom. The number of nitrogens with one attached hydrogen (secondary N) is 1. The van der Waals surface area contributed by atoms with Gasteiger partial charge in [0.15, 0.2) is 6.61 Å². The number of carbonyl (C=O) groups excluding carboxylic acids is 1. The Balaban J connectivity index is 1.80. The zero-order chi connectivity index (χ0) is 15.1. The van der Waals surface area contributed by atoms with Gasteiger partial charge in [-0.15, -0.1) is 0 Å². The van der Waals surface area contributed by atoms with E-state index in [0.717, 1.165) is 11.1 Å². The van der Waals surface area contributed by atoms with E-state index in [2.05, 4.69) is 10.5 Å². The average Bonchev–Trinajstić information content (AvgIpc) is 2.49. The van der Waals surface area contributed by atoms with Gasteiger partial charge in [-0.3, -0.25) is 4.79 Å². The van der Waals surface area contributed by atoms with Crippen LogP contribution in [0.25, 0.3) is 0 Å². The third-order valence-electron chi connectivity index (χ3n) is 2.76. The summed E-state index contributed by atoms with van der Waals surface area (Å²) in [4.78, 5) is 11.6. The first kappa shape index (κ1) is 15.1. The van der Waals surface area contributed by atoms with Gasteiger partial charge in [0, 0.05) is 5.02 Å². The molecule has 0 radical (unpaired) electrons. The van der Waals surface area contributed by atoms with Crippen molar-refractivity contribution in [2.75, 3.05) is 6.61 Å². The van der Waals surface area contributed by atoms with Crippen molar-refractivity contribution >= 4 is 23.7 Å². The van der Waals surface area contributed by atoms with E-state index in [9.17, 15) is 4.79 Å². The highest BCUT2D eigenvalue weighted by atomic mass is 35.5. The van der Waals surface area contributed by atoms with Gasteiger partial charge in [-0.1, -0.05) is 35.9 Å². The number of nitrogens with zero attached hydrogens (tertiary/aromatic N) is 1. The lowest BCUT2D eigenvalue weighted by molar-refractivity contribution is -0.123. The minimum atomic E-state index is -0.324. The summed E-state index contributed by atoms with van der Waals surface area (Å²) in [7, 11) is 0. The molecule has 0 saturated carbocycles. The van der Waals surface area contributed by atoms with Crippen LogP contribution in [0.5, 0.6) is 5.75 Å². The largest absolute Gasteiger partial charge is 0.484 e. The zero-order valence-corrected chi connectivity index (χ0v) is 12.3.